The second kappa shape index (κ2) is 8.63. The van der Waals surface area contributed by atoms with E-state index in [1.54, 1.807) is 0 Å². The van der Waals surface area contributed by atoms with Crippen LogP contribution in [0.5, 0.6) is 0 Å². The first-order chi connectivity index (χ1) is 13.7. The minimum atomic E-state index is -0.329. The molecule has 2 unspecified atom stereocenters. The second-order valence-corrected chi connectivity index (χ2v) is 7.69. The maximum Gasteiger partial charge on any atom is 0.121 e. The number of hydrogen-bond acceptors (Lipinski definition) is 4. The van der Waals surface area contributed by atoms with E-state index in [-0.39, 0.29) is 12.0 Å². The molecule has 0 saturated carbocycles. The van der Waals surface area contributed by atoms with Gasteiger partial charge in [0.05, 0.1) is 11.6 Å². The van der Waals surface area contributed by atoms with Crippen molar-refractivity contribution in [2.24, 2.45) is 5.92 Å². The highest BCUT2D eigenvalue weighted by Crippen LogP contribution is 2.26. The zero-order valence-electron chi connectivity index (χ0n) is 16.0. The first kappa shape index (κ1) is 18.8. The highest BCUT2D eigenvalue weighted by atomic mass is 16.3. The minimum Gasteiger partial charge on any atom is -0.391 e. The number of fused-ring (bicyclic) bond motifs is 1. The number of β-amino-alcohol motifs (C(OH)–C–C–N with tert-alkyl or cyclic N) is 1. The van der Waals surface area contributed by atoms with Gasteiger partial charge in [0.1, 0.15) is 6.29 Å². The molecule has 1 aliphatic heterocycles. The Kier molecular flexibility index (Phi) is 5.79. The Morgan fingerprint density at radius 1 is 1.11 bits per heavy atom. The number of carbonyl (C=O) groups excluding carboxylic acids is 1. The quantitative estimate of drug-likeness (QED) is 0.668. The van der Waals surface area contributed by atoms with Gasteiger partial charge >= 0.3 is 0 Å². The molecule has 4 rings (SSSR count). The van der Waals surface area contributed by atoms with Gasteiger partial charge in [0.2, 0.25) is 0 Å². The molecule has 2 heterocycles. The first-order valence-electron chi connectivity index (χ1n) is 10.0. The van der Waals surface area contributed by atoms with Gasteiger partial charge in [-0.15, -0.1) is 0 Å². The van der Waals surface area contributed by atoms with Gasteiger partial charge in [-0.2, -0.15) is 0 Å². The van der Waals surface area contributed by atoms with Crippen LogP contribution in [0, 0.1) is 5.92 Å². The number of piperidine rings is 1. The molecule has 0 bridgehead atoms. The standard InChI is InChI=1S/C24H26N2O2/c27-13-3-11-26-12-10-21(24(28)17-26)14-18-6-8-19(9-7-18)22-15-20-4-1-2-5-23(20)25-16-22/h1-2,4-9,13,15-16,21,24,28H,3,10-12,14,17H2. The highest BCUT2D eigenvalue weighted by Gasteiger charge is 2.27. The van der Waals surface area contributed by atoms with E-state index < -0.39 is 0 Å². The molecular weight excluding hydrogens is 348 g/mol. The predicted octanol–water partition coefficient (Wildman–Crippen LogP) is 3.72. The molecule has 0 amide bonds. The molecule has 4 nitrogen and oxygen atoms in total. The van der Waals surface area contributed by atoms with Crippen LogP contribution in [0.25, 0.3) is 22.0 Å². The van der Waals surface area contributed by atoms with Crippen molar-refractivity contribution in [3.05, 3.63) is 66.4 Å². The molecule has 0 aliphatic carbocycles. The molecule has 28 heavy (non-hydrogen) atoms. The Bertz CT molecular complexity index is 939. The fourth-order valence-electron chi connectivity index (χ4n) is 4.09. The third-order valence-corrected chi connectivity index (χ3v) is 5.74. The number of aliphatic hydroxyl groups excluding tert-OH is 1. The van der Waals surface area contributed by atoms with Crippen molar-refractivity contribution in [1.29, 1.82) is 0 Å². The number of benzene rings is 2. The van der Waals surface area contributed by atoms with E-state index in [1.807, 2.05) is 24.4 Å². The van der Waals surface area contributed by atoms with Crippen LogP contribution in [0.1, 0.15) is 18.4 Å². The third kappa shape index (κ3) is 4.29. The van der Waals surface area contributed by atoms with Crippen LogP contribution >= 0.6 is 0 Å². The summed E-state index contributed by atoms with van der Waals surface area (Å²) < 4.78 is 0. The summed E-state index contributed by atoms with van der Waals surface area (Å²) in [4.78, 5) is 17.3. The van der Waals surface area contributed by atoms with Gasteiger partial charge in [0, 0.05) is 36.7 Å². The summed E-state index contributed by atoms with van der Waals surface area (Å²) in [5.74, 6) is 0.278. The van der Waals surface area contributed by atoms with E-state index >= 15 is 0 Å². The van der Waals surface area contributed by atoms with Gasteiger partial charge in [-0.3, -0.25) is 4.98 Å². The van der Waals surface area contributed by atoms with Crippen LogP contribution in [-0.2, 0) is 11.2 Å². The van der Waals surface area contributed by atoms with Gasteiger partial charge in [-0.25, -0.2) is 0 Å². The average Bonchev–Trinajstić information content (AvgIpc) is 2.74. The number of nitrogens with zero attached hydrogens (tertiary/aromatic N) is 2. The smallest absolute Gasteiger partial charge is 0.121 e. The number of carbonyl (C=O) groups is 1. The summed E-state index contributed by atoms with van der Waals surface area (Å²) >= 11 is 0. The van der Waals surface area contributed by atoms with Crippen molar-refractivity contribution in [2.75, 3.05) is 19.6 Å². The lowest BCUT2D eigenvalue weighted by molar-refractivity contribution is -0.108. The van der Waals surface area contributed by atoms with Gasteiger partial charge in [0.15, 0.2) is 0 Å². The van der Waals surface area contributed by atoms with Crippen molar-refractivity contribution in [2.45, 2.75) is 25.4 Å². The number of likely N-dealkylation sites (tertiary alicyclic amines) is 1. The highest BCUT2D eigenvalue weighted by molar-refractivity contribution is 5.83. The van der Waals surface area contributed by atoms with Crippen LogP contribution in [0.15, 0.2) is 60.8 Å². The fraction of sp³-hybridized carbons (Fsp3) is 0.333. The maximum absolute atomic E-state index is 10.5. The summed E-state index contributed by atoms with van der Waals surface area (Å²) in [7, 11) is 0. The number of aliphatic hydroxyl groups is 1. The van der Waals surface area contributed by atoms with Crippen LogP contribution in [0.2, 0.25) is 0 Å². The third-order valence-electron chi connectivity index (χ3n) is 5.74. The van der Waals surface area contributed by atoms with Crippen molar-refractivity contribution in [1.82, 2.24) is 9.88 Å². The lowest BCUT2D eigenvalue weighted by atomic mass is 9.87. The lowest BCUT2D eigenvalue weighted by Gasteiger charge is -2.35. The molecule has 3 aromatic rings. The van der Waals surface area contributed by atoms with E-state index in [0.717, 1.165) is 54.2 Å². The predicted molar refractivity (Wildman–Crippen MR) is 112 cm³/mol. The average molecular weight is 374 g/mol. The zero-order chi connectivity index (χ0) is 19.3. The van der Waals surface area contributed by atoms with Crippen LogP contribution in [0.4, 0.5) is 0 Å². The number of hydrogen-bond donors (Lipinski definition) is 1. The van der Waals surface area contributed by atoms with E-state index in [4.69, 9.17) is 0 Å². The van der Waals surface area contributed by atoms with Crippen LogP contribution in [0.3, 0.4) is 0 Å². The molecule has 2 atom stereocenters. The molecule has 2 aromatic carbocycles. The number of aromatic nitrogens is 1. The Morgan fingerprint density at radius 2 is 1.93 bits per heavy atom. The topological polar surface area (TPSA) is 53.4 Å². The van der Waals surface area contributed by atoms with Crippen molar-refractivity contribution >= 4 is 17.2 Å². The van der Waals surface area contributed by atoms with Crippen molar-refractivity contribution in [3.63, 3.8) is 0 Å². The minimum absolute atomic E-state index is 0.278. The summed E-state index contributed by atoms with van der Waals surface area (Å²) in [6, 6.07) is 18.9. The fourth-order valence-corrected chi connectivity index (χ4v) is 4.09. The van der Waals surface area contributed by atoms with Gasteiger partial charge in [-0.05, 0) is 48.6 Å². The number of pyridine rings is 1. The molecule has 144 valence electrons. The van der Waals surface area contributed by atoms with Gasteiger partial charge in [-0.1, -0.05) is 42.5 Å². The van der Waals surface area contributed by atoms with Crippen molar-refractivity contribution < 1.29 is 9.90 Å². The van der Waals surface area contributed by atoms with E-state index in [9.17, 15) is 9.90 Å². The first-order valence-corrected chi connectivity index (χ1v) is 10.0. The maximum atomic E-state index is 10.5. The second-order valence-electron chi connectivity index (χ2n) is 7.69. The van der Waals surface area contributed by atoms with Crippen molar-refractivity contribution in [3.8, 4) is 11.1 Å². The Hall–Kier alpha value is -2.56. The van der Waals surface area contributed by atoms with E-state index in [0.29, 0.717) is 13.0 Å². The van der Waals surface area contributed by atoms with Crippen LogP contribution < -0.4 is 0 Å². The molecule has 1 aromatic heterocycles. The molecule has 0 radical (unpaired) electrons. The molecule has 1 fully saturated rings. The SMILES string of the molecule is O=CCCN1CCC(Cc2ccc(-c3cnc4ccccc4c3)cc2)C(O)C1. The summed E-state index contributed by atoms with van der Waals surface area (Å²) in [5.41, 5.74) is 4.54. The largest absolute Gasteiger partial charge is 0.391 e. The number of para-hydroxylation sites is 1. The molecule has 4 heteroatoms. The van der Waals surface area contributed by atoms with E-state index in [1.165, 1.54) is 5.56 Å². The van der Waals surface area contributed by atoms with Gasteiger partial charge < -0.3 is 14.8 Å². The normalized spacial score (nSPS) is 20.3. The summed E-state index contributed by atoms with van der Waals surface area (Å²) in [6.07, 6.45) is 4.95. The van der Waals surface area contributed by atoms with Crippen LogP contribution in [-0.4, -0.2) is 47.0 Å². The summed E-state index contributed by atoms with van der Waals surface area (Å²) in [6.45, 7) is 2.37. The molecule has 1 N–H and O–H groups in total. The lowest BCUT2D eigenvalue weighted by Crippen LogP contribution is -2.44. The summed E-state index contributed by atoms with van der Waals surface area (Å²) in [5, 5.41) is 11.6. The molecule has 1 aliphatic rings. The molecule has 0 spiro atoms. The zero-order valence-corrected chi connectivity index (χ0v) is 16.0. The molecule has 1 saturated heterocycles. The number of aldehydes is 1. The Balaban J connectivity index is 1.41. The van der Waals surface area contributed by atoms with Gasteiger partial charge in [0.25, 0.3) is 0 Å². The number of rotatable bonds is 6. The van der Waals surface area contributed by atoms with E-state index in [2.05, 4.69) is 46.3 Å². The Morgan fingerprint density at radius 3 is 2.71 bits per heavy atom. The monoisotopic (exact) mass is 374 g/mol. The molecular formula is C24H26N2O2. The Labute approximate surface area is 165 Å².